The van der Waals surface area contributed by atoms with E-state index in [1.54, 1.807) is 0 Å². The third-order valence-electron chi connectivity index (χ3n) is 3.82. The predicted octanol–water partition coefficient (Wildman–Crippen LogP) is 3.31. The van der Waals surface area contributed by atoms with Crippen molar-refractivity contribution in [3.8, 4) is 0 Å². The Hall–Kier alpha value is -1.51. The van der Waals surface area contributed by atoms with Gasteiger partial charge < -0.3 is 9.72 Å². The number of anilines is 1. The Morgan fingerprint density at radius 2 is 2.00 bits per heavy atom. The highest BCUT2D eigenvalue weighted by molar-refractivity contribution is 5.52. The Morgan fingerprint density at radius 3 is 2.76 bits per heavy atom. The van der Waals surface area contributed by atoms with Crippen LogP contribution in [0.3, 0.4) is 0 Å². The monoisotopic (exact) mass is 229 g/mol. The smallest absolute Gasteiger partial charge is 0.137 e. The third kappa shape index (κ3) is 1.90. The molecule has 0 radical (unpaired) electrons. The summed E-state index contributed by atoms with van der Waals surface area (Å²) in [5.41, 5.74) is 4.60. The van der Waals surface area contributed by atoms with Crippen LogP contribution >= 0.6 is 0 Å². The van der Waals surface area contributed by atoms with E-state index in [0.717, 1.165) is 11.3 Å². The van der Waals surface area contributed by atoms with Gasteiger partial charge in [-0.25, -0.2) is 4.98 Å². The molecule has 0 aliphatic heterocycles. The van der Waals surface area contributed by atoms with Crippen molar-refractivity contribution in [1.82, 2.24) is 9.38 Å². The number of nitrogens with one attached hydrogen (secondary N) is 1. The Kier molecular flexibility index (Phi) is 2.54. The molecule has 1 saturated carbocycles. The van der Waals surface area contributed by atoms with Crippen LogP contribution in [0.1, 0.15) is 37.1 Å². The normalized spacial score (nSPS) is 16.8. The molecule has 0 amide bonds. The maximum Gasteiger partial charge on any atom is 0.137 e. The van der Waals surface area contributed by atoms with Crippen molar-refractivity contribution in [2.75, 3.05) is 5.32 Å². The Labute approximate surface area is 102 Å². The molecule has 0 aromatic carbocycles. The van der Waals surface area contributed by atoms with Gasteiger partial charge >= 0.3 is 0 Å². The molecule has 90 valence electrons. The molecule has 2 aromatic heterocycles. The summed E-state index contributed by atoms with van der Waals surface area (Å²) in [5, 5.41) is 3.62. The van der Waals surface area contributed by atoms with Gasteiger partial charge in [0.15, 0.2) is 0 Å². The third-order valence-corrected chi connectivity index (χ3v) is 3.82. The first-order valence-electron chi connectivity index (χ1n) is 6.46. The molecule has 3 rings (SSSR count). The lowest BCUT2D eigenvalue weighted by atomic mass is 10.2. The van der Waals surface area contributed by atoms with E-state index in [-0.39, 0.29) is 0 Å². The lowest BCUT2D eigenvalue weighted by molar-refractivity contribution is 0.754. The van der Waals surface area contributed by atoms with Gasteiger partial charge in [0.25, 0.3) is 0 Å². The molecule has 1 fully saturated rings. The largest absolute Gasteiger partial charge is 0.381 e. The van der Waals surface area contributed by atoms with Crippen LogP contribution < -0.4 is 5.32 Å². The first-order chi connectivity index (χ1) is 8.24. The zero-order valence-electron chi connectivity index (χ0n) is 10.5. The number of nitrogens with zero attached hydrogens (tertiary/aromatic N) is 2. The van der Waals surface area contributed by atoms with Crippen molar-refractivity contribution in [2.24, 2.45) is 0 Å². The zero-order chi connectivity index (χ0) is 11.8. The van der Waals surface area contributed by atoms with E-state index >= 15 is 0 Å². The fraction of sp³-hybridized carbons (Fsp3) is 0.500. The number of pyridine rings is 1. The summed E-state index contributed by atoms with van der Waals surface area (Å²) in [4.78, 5) is 4.52. The van der Waals surface area contributed by atoms with E-state index < -0.39 is 0 Å². The van der Waals surface area contributed by atoms with Crippen LogP contribution in [0.5, 0.6) is 0 Å². The second-order valence-electron chi connectivity index (χ2n) is 5.05. The lowest BCUT2D eigenvalue weighted by Gasteiger charge is -2.13. The summed E-state index contributed by atoms with van der Waals surface area (Å²) in [5.74, 6) is 0. The van der Waals surface area contributed by atoms with Gasteiger partial charge in [0.2, 0.25) is 0 Å². The van der Waals surface area contributed by atoms with Gasteiger partial charge in [0.1, 0.15) is 5.65 Å². The molecule has 0 saturated heterocycles. The molecule has 0 spiro atoms. The molecule has 3 heteroatoms. The van der Waals surface area contributed by atoms with E-state index in [9.17, 15) is 0 Å². The second-order valence-corrected chi connectivity index (χ2v) is 5.05. The molecule has 1 N–H and O–H groups in total. The van der Waals surface area contributed by atoms with Crippen molar-refractivity contribution < 1.29 is 0 Å². The lowest BCUT2D eigenvalue weighted by Crippen LogP contribution is -2.14. The number of aryl methyl sites for hydroxylation is 2. The summed E-state index contributed by atoms with van der Waals surface area (Å²) in [6.07, 6.45) is 7.51. The number of fused-ring (bicyclic) bond motifs is 1. The minimum atomic E-state index is 0.664. The first-order valence-corrected chi connectivity index (χ1v) is 6.46. The average molecular weight is 229 g/mol. The molecule has 1 aliphatic carbocycles. The second kappa shape index (κ2) is 4.06. The van der Waals surface area contributed by atoms with Crippen molar-refractivity contribution in [3.63, 3.8) is 0 Å². The highest BCUT2D eigenvalue weighted by Gasteiger charge is 2.14. The number of hydrogen-bond acceptors (Lipinski definition) is 2. The quantitative estimate of drug-likeness (QED) is 0.856. The van der Waals surface area contributed by atoms with Gasteiger partial charge in [-0.05, 0) is 38.8 Å². The first kappa shape index (κ1) is 10.6. The average Bonchev–Trinajstić information content (AvgIpc) is 2.91. The van der Waals surface area contributed by atoms with E-state index in [1.165, 1.54) is 37.1 Å². The van der Waals surface area contributed by atoms with E-state index in [2.05, 4.69) is 46.9 Å². The fourth-order valence-electron chi connectivity index (χ4n) is 2.67. The number of aromatic nitrogens is 2. The maximum absolute atomic E-state index is 4.52. The Bertz CT molecular complexity index is 536. The van der Waals surface area contributed by atoms with Crippen LogP contribution in [0.2, 0.25) is 0 Å². The molecular formula is C14H19N3. The van der Waals surface area contributed by atoms with Gasteiger partial charge in [0, 0.05) is 17.9 Å². The van der Waals surface area contributed by atoms with Gasteiger partial charge in [0.05, 0.1) is 11.4 Å². The Morgan fingerprint density at radius 1 is 1.24 bits per heavy atom. The van der Waals surface area contributed by atoms with Crippen LogP contribution in [0.25, 0.3) is 5.65 Å². The zero-order valence-corrected chi connectivity index (χ0v) is 10.5. The van der Waals surface area contributed by atoms with Crippen LogP contribution in [-0.2, 0) is 0 Å². The van der Waals surface area contributed by atoms with Gasteiger partial charge in [-0.2, -0.15) is 0 Å². The highest BCUT2D eigenvalue weighted by Crippen LogP contribution is 2.23. The summed E-state index contributed by atoms with van der Waals surface area (Å²) < 4.78 is 2.17. The van der Waals surface area contributed by atoms with Gasteiger partial charge in [-0.3, -0.25) is 0 Å². The molecule has 0 bridgehead atoms. The van der Waals surface area contributed by atoms with Crippen LogP contribution in [0.4, 0.5) is 5.69 Å². The van der Waals surface area contributed by atoms with E-state index in [0.29, 0.717) is 6.04 Å². The summed E-state index contributed by atoms with van der Waals surface area (Å²) in [6.45, 7) is 4.18. The molecule has 17 heavy (non-hydrogen) atoms. The highest BCUT2D eigenvalue weighted by atomic mass is 15.0. The molecule has 0 unspecified atom stereocenters. The summed E-state index contributed by atoms with van der Waals surface area (Å²) in [6, 6.07) is 4.90. The molecule has 2 aromatic rings. The van der Waals surface area contributed by atoms with Crippen LogP contribution in [0, 0.1) is 13.8 Å². The summed E-state index contributed by atoms with van der Waals surface area (Å²) >= 11 is 0. The fourth-order valence-corrected chi connectivity index (χ4v) is 2.67. The van der Waals surface area contributed by atoms with Crippen LogP contribution in [-0.4, -0.2) is 15.4 Å². The van der Waals surface area contributed by atoms with E-state index in [4.69, 9.17) is 0 Å². The number of hydrogen-bond donors (Lipinski definition) is 1. The minimum Gasteiger partial charge on any atom is -0.381 e. The molecule has 1 aliphatic rings. The van der Waals surface area contributed by atoms with Crippen LogP contribution in [0.15, 0.2) is 18.3 Å². The summed E-state index contributed by atoms with van der Waals surface area (Å²) in [7, 11) is 0. The predicted molar refractivity (Wildman–Crippen MR) is 70.5 cm³/mol. The maximum atomic E-state index is 4.52. The number of rotatable bonds is 2. The van der Waals surface area contributed by atoms with Gasteiger partial charge in [-0.1, -0.05) is 12.8 Å². The topological polar surface area (TPSA) is 29.3 Å². The van der Waals surface area contributed by atoms with Crippen molar-refractivity contribution in [1.29, 1.82) is 0 Å². The molecule has 3 nitrogen and oxygen atoms in total. The standard InChI is InChI=1S/C14H19N3/c1-10-11(2)17-9-13(7-8-14(17)15-10)16-12-5-3-4-6-12/h7-9,12,16H,3-6H2,1-2H3. The van der Waals surface area contributed by atoms with Crippen molar-refractivity contribution in [2.45, 2.75) is 45.6 Å². The molecular weight excluding hydrogens is 210 g/mol. The van der Waals surface area contributed by atoms with Crippen molar-refractivity contribution >= 4 is 11.3 Å². The molecule has 0 atom stereocenters. The molecule has 2 heterocycles. The number of imidazole rings is 1. The van der Waals surface area contributed by atoms with Crippen molar-refractivity contribution in [3.05, 3.63) is 29.7 Å². The minimum absolute atomic E-state index is 0.664. The Balaban J connectivity index is 1.92. The van der Waals surface area contributed by atoms with Gasteiger partial charge in [-0.15, -0.1) is 0 Å². The van der Waals surface area contributed by atoms with E-state index in [1.807, 2.05) is 0 Å². The SMILES string of the molecule is Cc1nc2ccc(NC3CCCC3)cn2c1C.